The number of likely N-dealkylation sites (tertiary alicyclic amines) is 1. The van der Waals surface area contributed by atoms with Gasteiger partial charge in [0.1, 0.15) is 11.8 Å². The molecule has 2 N–H and O–H groups in total. The Balaban J connectivity index is 1.93. The van der Waals surface area contributed by atoms with Crippen LogP contribution < -0.4 is 10.1 Å². The van der Waals surface area contributed by atoms with Crippen molar-refractivity contribution in [1.82, 2.24) is 4.90 Å². The van der Waals surface area contributed by atoms with E-state index in [1.165, 1.54) is 0 Å². The van der Waals surface area contributed by atoms with Crippen LogP contribution >= 0.6 is 0 Å². The van der Waals surface area contributed by atoms with Gasteiger partial charge in [-0.25, -0.2) is 0 Å². The molecule has 0 saturated carbocycles. The molecule has 0 aromatic heterocycles. The molecule has 29 heavy (non-hydrogen) atoms. The molecule has 2 aromatic carbocycles. The van der Waals surface area contributed by atoms with Gasteiger partial charge in [0.15, 0.2) is 0 Å². The van der Waals surface area contributed by atoms with E-state index in [9.17, 15) is 14.7 Å². The molecule has 1 heterocycles. The van der Waals surface area contributed by atoms with Gasteiger partial charge in [-0.2, -0.15) is 0 Å². The first-order valence-corrected chi connectivity index (χ1v) is 9.86. The van der Waals surface area contributed by atoms with Crippen LogP contribution in [-0.4, -0.2) is 42.1 Å². The van der Waals surface area contributed by atoms with E-state index in [0.29, 0.717) is 30.9 Å². The van der Waals surface area contributed by atoms with Crippen molar-refractivity contribution < 1.29 is 19.4 Å². The number of carboxylic acid groups (broad SMARTS) is 1. The maximum atomic E-state index is 13.4. The number of rotatable bonds is 6. The minimum absolute atomic E-state index is 0.192. The fourth-order valence-corrected chi connectivity index (χ4v) is 4.07. The van der Waals surface area contributed by atoms with Gasteiger partial charge in [0.2, 0.25) is 5.91 Å². The van der Waals surface area contributed by atoms with E-state index in [4.69, 9.17) is 4.74 Å². The zero-order valence-electron chi connectivity index (χ0n) is 17.1. The van der Waals surface area contributed by atoms with Crippen LogP contribution in [0, 0.1) is 18.8 Å². The van der Waals surface area contributed by atoms with Gasteiger partial charge in [-0.1, -0.05) is 43.3 Å². The van der Waals surface area contributed by atoms with E-state index in [2.05, 4.69) is 5.32 Å². The summed E-state index contributed by atoms with van der Waals surface area (Å²) in [5, 5.41) is 12.6. The first-order chi connectivity index (χ1) is 13.9. The second kappa shape index (κ2) is 9.09. The first-order valence-electron chi connectivity index (χ1n) is 9.86. The quantitative estimate of drug-likeness (QED) is 0.778. The van der Waals surface area contributed by atoms with Crippen LogP contribution in [0.5, 0.6) is 5.75 Å². The third-order valence-corrected chi connectivity index (χ3v) is 5.38. The van der Waals surface area contributed by atoms with Crippen molar-refractivity contribution in [2.45, 2.75) is 26.3 Å². The lowest BCUT2D eigenvalue weighted by atomic mass is 9.88. The third-order valence-electron chi connectivity index (χ3n) is 5.38. The zero-order chi connectivity index (χ0) is 21.0. The number of methoxy groups -OCH3 is 1. The van der Waals surface area contributed by atoms with Gasteiger partial charge in [-0.05, 0) is 42.5 Å². The molecule has 154 valence electrons. The maximum absolute atomic E-state index is 13.4. The number of carbonyl (C=O) groups excluding carboxylic acids is 1. The van der Waals surface area contributed by atoms with E-state index in [0.717, 1.165) is 11.1 Å². The van der Waals surface area contributed by atoms with E-state index in [-0.39, 0.29) is 11.8 Å². The number of hydrogen-bond acceptors (Lipinski definition) is 4. The Hall–Kier alpha value is -2.86. The maximum Gasteiger partial charge on any atom is 0.307 e. The van der Waals surface area contributed by atoms with E-state index < -0.39 is 17.9 Å². The Bertz CT molecular complexity index is 868. The normalized spacial score (nSPS) is 20.7. The minimum atomic E-state index is -0.811. The summed E-state index contributed by atoms with van der Waals surface area (Å²) in [5.74, 6) is -0.706. The number of piperidine rings is 1. The molecule has 3 rings (SSSR count). The molecule has 0 aliphatic carbocycles. The van der Waals surface area contributed by atoms with Crippen LogP contribution in [0.4, 0.5) is 5.69 Å². The highest BCUT2D eigenvalue weighted by Crippen LogP contribution is 2.32. The number of ether oxygens (including phenoxy) is 1. The lowest BCUT2D eigenvalue weighted by Gasteiger charge is -2.39. The van der Waals surface area contributed by atoms with Gasteiger partial charge in [0.05, 0.1) is 18.7 Å². The van der Waals surface area contributed by atoms with Crippen LogP contribution in [0.25, 0.3) is 0 Å². The average molecular weight is 396 g/mol. The Kier molecular flexibility index (Phi) is 6.54. The molecule has 1 aliphatic rings. The molecule has 1 fully saturated rings. The molecule has 0 spiro atoms. The van der Waals surface area contributed by atoms with E-state index >= 15 is 0 Å². The van der Waals surface area contributed by atoms with Crippen LogP contribution in [0.15, 0.2) is 48.5 Å². The SMILES string of the molecule is COc1ccc(C)cc1NC(=O)C(c1ccccc1)N1CC(C)CC(C(=O)O)C1. The number of anilines is 1. The van der Waals surface area contributed by atoms with Crippen molar-refractivity contribution in [2.24, 2.45) is 11.8 Å². The van der Waals surface area contributed by atoms with Gasteiger partial charge < -0.3 is 15.2 Å². The summed E-state index contributed by atoms with van der Waals surface area (Å²) in [6, 6.07) is 14.6. The van der Waals surface area contributed by atoms with Crippen LogP contribution in [-0.2, 0) is 9.59 Å². The van der Waals surface area contributed by atoms with Crippen molar-refractivity contribution in [2.75, 3.05) is 25.5 Å². The number of nitrogens with zero attached hydrogens (tertiary/aromatic N) is 1. The Morgan fingerprint density at radius 3 is 2.55 bits per heavy atom. The number of nitrogens with one attached hydrogen (secondary N) is 1. The summed E-state index contributed by atoms with van der Waals surface area (Å²) in [6.45, 7) is 5.00. The van der Waals surface area contributed by atoms with E-state index in [1.54, 1.807) is 7.11 Å². The Morgan fingerprint density at radius 1 is 1.17 bits per heavy atom. The van der Waals surface area contributed by atoms with Crippen molar-refractivity contribution in [3.63, 3.8) is 0 Å². The minimum Gasteiger partial charge on any atom is -0.495 e. The molecule has 1 amide bonds. The number of carbonyl (C=O) groups is 2. The Labute approximate surface area is 171 Å². The molecular formula is C23H28N2O4. The number of carboxylic acids is 1. The van der Waals surface area contributed by atoms with Gasteiger partial charge in [-0.15, -0.1) is 0 Å². The molecule has 0 bridgehead atoms. The molecule has 0 radical (unpaired) electrons. The molecule has 6 nitrogen and oxygen atoms in total. The summed E-state index contributed by atoms with van der Waals surface area (Å²) in [5.41, 5.74) is 2.46. The highest BCUT2D eigenvalue weighted by molar-refractivity contribution is 5.97. The molecule has 1 aliphatic heterocycles. The van der Waals surface area contributed by atoms with Gasteiger partial charge >= 0.3 is 5.97 Å². The molecule has 3 atom stereocenters. The number of amides is 1. The van der Waals surface area contributed by atoms with Crippen molar-refractivity contribution in [3.8, 4) is 5.75 Å². The van der Waals surface area contributed by atoms with Crippen molar-refractivity contribution in [3.05, 3.63) is 59.7 Å². The lowest BCUT2D eigenvalue weighted by molar-refractivity contribution is -0.145. The monoisotopic (exact) mass is 396 g/mol. The van der Waals surface area contributed by atoms with Crippen LogP contribution in [0.1, 0.15) is 30.5 Å². The largest absolute Gasteiger partial charge is 0.495 e. The molecular weight excluding hydrogens is 368 g/mol. The summed E-state index contributed by atoms with van der Waals surface area (Å²) in [6.07, 6.45) is 0.626. The number of benzene rings is 2. The van der Waals surface area contributed by atoms with Gasteiger partial charge in [-0.3, -0.25) is 14.5 Å². The standard InChI is InChI=1S/C23H28N2O4/c1-15-9-10-20(29-3)19(12-15)24-22(26)21(17-7-5-4-6-8-17)25-13-16(2)11-18(14-25)23(27)28/h4-10,12,16,18,21H,11,13-14H2,1-3H3,(H,24,26)(H,27,28). The topological polar surface area (TPSA) is 78.9 Å². The number of hydrogen-bond donors (Lipinski definition) is 2. The molecule has 1 saturated heterocycles. The van der Waals surface area contributed by atoms with Crippen molar-refractivity contribution in [1.29, 1.82) is 0 Å². The highest BCUT2D eigenvalue weighted by atomic mass is 16.5. The fraction of sp³-hybridized carbons (Fsp3) is 0.391. The Morgan fingerprint density at radius 2 is 1.90 bits per heavy atom. The second-order valence-corrected chi connectivity index (χ2v) is 7.84. The van der Waals surface area contributed by atoms with Gasteiger partial charge in [0.25, 0.3) is 0 Å². The lowest BCUT2D eigenvalue weighted by Crippen LogP contribution is -2.47. The number of aryl methyl sites for hydroxylation is 1. The highest BCUT2D eigenvalue weighted by Gasteiger charge is 2.36. The van der Waals surface area contributed by atoms with Crippen LogP contribution in [0.2, 0.25) is 0 Å². The number of aliphatic carboxylic acids is 1. The average Bonchev–Trinajstić information content (AvgIpc) is 2.69. The molecule has 2 aromatic rings. The summed E-state index contributed by atoms with van der Waals surface area (Å²) in [4.78, 5) is 27.0. The van der Waals surface area contributed by atoms with Crippen molar-refractivity contribution >= 4 is 17.6 Å². The third kappa shape index (κ3) is 4.95. The zero-order valence-corrected chi connectivity index (χ0v) is 17.1. The first kappa shape index (κ1) is 20.9. The second-order valence-electron chi connectivity index (χ2n) is 7.84. The summed E-state index contributed by atoms with van der Waals surface area (Å²) in [7, 11) is 1.57. The fourth-order valence-electron chi connectivity index (χ4n) is 4.07. The van der Waals surface area contributed by atoms with Crippen LogP contribution in [0.3, 0.4) is 0 Å². The smallest absolute Gasteiger partial charge is 0.307 e. The summed E-state index contributed by atoms with van der Waals surface area (Å²) >= 11 is 0. The van der Waals surface area contributed by atoms with Gasteiger partial charge in [0, 0.05) is 13.1 Å². The predicted molar refractivity (Wildman–Crippen MR) is 112 cm³/mol. The summed E-state index contributed by atoms with van der Waals surface area (Å²) < 4.78 is 5.39. The predicted octanol–water partition coefficient (Wildman–Crippen LogP) is 3.73. The van der Waals surface area contributed by atoms with E-state index in [1.807, 2.05) is 67.3 Å². The molecule has 6 heteroatoms. The molecule has 3 unspecified atom stereocenters.